The zero-order valence-electron chi connectivity index (χ0n) is 19.2. The van der Waals surface area contributed by atoms with E-state index in [0.717, 1.165) is 104 Å². The minimum absolute atomic E-state index is 0.592. The lowest BCUT2D eigenvalue weighted by Gasteiger charge is -2.34. The first-order chi connectivity index (χ1) is 15.3. The molecule has 174 valence electrons. The third-order valence-corrected chi connectivity index (χ3v) is 6.02. The molecule has 2 N–H and O–H groups in total. The van der Waals surface area contributed by atoms with Crippen molar-refractivity contribution in [2.75, 3.05) is 79.3 Å². The average Bonchev–Trinajstić information content (AvgIpc) is 3.33. The minimum Gasteiger partial charge on any atom is -0.381 e. The zero-order chi connectivity index (χ0) is 21.6. The first-order valence-corrected chi connectivity index (χ1v) is 11.9. The summed E-state index contributed by atoms with van der Waals surface area (Å²) in [5, 5.41) is 6.81. The summed E-state index contributed by atoms with van der Waals surface area (Å²) < 4.78 is 11.1. The van der Waals surface area contributed by atoms with Gasteiger partial charge in [-0.3, -0.25) is 9.89 Å². The van der Waals surface area contributed by atoms with Crippen molar-refractivity contribution in [2.24, 2.45) is 10.9 Å². The number of ether oxygens (including phenoxy) is 2. The number of aliphatic imine (C=N–C) groups is 1. The van der Waals surface area contributed by atoms with Crippen molar-refractivity contribution in [3.63, 3.8) is 0 Å². The molecule has 2 heterocycles. The average molecular weight is 432 g/mol. The van der Waals surface area contributed by atoms with Crippen LogP contribution in [-0.4, -0.2) is 95.0 Å². The van der Waals surface area contributed by atoms with Gasteiger partial charge in [-0.2, -0.15) is 0 Å². The molecule has 7 nitrogen and oxygen atoms in total. The molecule has 0 aliphatic carbocycles. The molecule has 31 heavy (non-hydrogen) atoms. The summed E-state index contributed by atoms with van der Waals surface area (Å²) in [6.07, 6.45) is 3.26. The van der Waals surface area contributed by atoms with Crippen molar-refractivity contribution >= 4 is 5.96 Å². The highest BCUT2D eigenvalue weighted by Crippen LogP contribution is 2.12. The number of piperazine rings is 1. The van der Waals surface area contributed by atoms with Crippen LogP contribution in [0, 0.1) is 5.92 Å². The van der Waals surface area contributed by atoms with E-state index in [1.54, 1.807) is 0 Å². The lowest BCUT2D eigenvalue weighted by Crippen LogP contribution is -2.46. The van der Waals surface area contributed by atoms with Gasteiger partial charge in [-0.25, -0.2) is 0 Å². The molecule has 2 aliphatic rings. The summed E-state index contributed by atoms with van der Waals surface area (Å²) in [7, 11) is 1.83. The van der Waals surface area contributed by atoms with E-state index in [9.17, 15) is 0 Å². The van der Waals surface area contributed by atoms with Gasteiger partial charge in [0.1, 0.15) is 0 Å². The maximum atomic E-state index is 5.75. The maximum Gasteiger partial charge on any atom is 0.190 e. The van der Waals surface area contributed by atoms with Crippen LogP contribution in [0.2, 0.25) is 0 Å². The SMILES string of the molecule is CN=C(NCCCOCC1CCOC1)NCCCN1CCN(Cc2ccccc2)CC1. The number of hydrogen-bond donors (Lipinski definition) is 2. The normalized spacial score (nSPS) is 20.8. The second kappa shape index (κ2) is 14.4. The van der Waals surface area contributed by atoms with E-state index in [4.69, 9.17) is 9.47 Å². The molecule has 2 fully saturated rings. The van der Waals surface area contributed by atoms with Crippen LogP contribution in [0.5, 0.6) is 0 Å². The number of guanidine groups is 1. The largest absolute Gasteiger partial charge is 0.381 e. The van der Waals surface area contributed by atoms with Crippen molar-refractivity contribution in [1.82, 2.24) is 20.4 Å². The Morgan fingerprint density at radius 3 is 2.52 bits per heavy atom. The van der Waals surface area contributed by atoms with Gasteiger partial charge in [-0.15, -0.1) is 0 Å². The van der Waals surface area contributed by atoms with Crippen LogP contribution < -0.4 is 10.6 Å². The molecule has 3 rings (SSSR count). The van der Waals surface area contributed by atoms with Gasteiger partial charge in [0.2, 0.25) is 0 Å². The molecular formula is C24H41N5O2. The van der Waals surface area contributed by atoms with Crippen LogP contribution in [0.25, 0.3) is 0 Å². The van der Waals surface area contributed by atoms with Crippen LogP contribution >= 0.6 is 0 Å². The van der Waals surface area contributed by atoms with Gasteiger partial charge in [0.05, 0.1) is 13.2 Å². The number of hydrogen-bond acceptors (Lipinski definition) is 5. The van der Waals surface area contributed by atoms with E-state index in [0.29, 0.717) is 5.92 Å². The maximum absolute atomic E-state index is 5.75. The Kier molecular flexibility index (Phi) is 11.1. The fourth-order valence-electron chi connectivity index (χ4n) is 4.09. The first kappa shape index (κ1) is 24.0. The molecule has 0 saturated carbocycles. The van der Waals surface area contributed by atoms with Gasteiger partial charge in [0, 0.05) is 72.0 Å². The van der Waals surface area contributed by atoms with Crippen molar-refractivity contribution in [1.29, 1.82) is 0 Å². The van der Waals surface area contributed by atoms with Crippen molar-refractivity contribution in [3.8, 4) is 0 Å². The summed E-state index contributed by atoms with van der Waals surface area (Å²) in [5.74, 6) is 1.48. The lowest BCUT2D eigenvalue weighted by atomic mass is 10.1. The van der Waals surface area contributed by atoms with E-state index in [2.05, 4.69) is 55.8 Å². The third-order valence-electron chi connectivity index (χ3n) is 6.02. The fourth-order valence-corrected chi connectivity index (χ4v) is 4.09. The smallest absolute Gasteiger partial charge is 0.190 e. The minimum atomic E-state index is 0.592. The molecule has 0 bridgehead atoms. The monoisotopic (exact) mass is 431 g/mol. The molecule has 1 unspecified atom stereocenters. The van der Waals surface area contributed by atoms with Gasteiger partial charge in [-0.1, -0.05) is 30.3 Å². The number of rotatable bonds is 12. The second-order valence-electron chi connectivity index (χ2n) is 8.54. The van der Waals surface area contributed by atoms with E-state index in [-0.39, 0.29) is 0 Å². The Morgan fingerprint density at radius 2 is 1.81 bits per heavy atom. The van der Waals surface area contributed by atoms with E-state index >= 15 is 0 Å². The summed E-state index contributed by atoms with van der Waals surface area (Å²) >= 11 is 0. The molecule has 0 spiro atoms. The topological polar surface area (TPSA) is 61.4 Å². The van der Waals surface area contributed by atoms with Crippen LogP contribution in [0.1, 0.15) is 24.8 Å². The van der Waals surface area contributed by atoms with Crippen molar-refractivity contribution in [3.05, 3.63) is 35.9 Å². The predicted molar refractivity (Wildman–Crippen MR) is 127 cm³/mol. The van der Waals surface area contributed by atoms with Crippen LogP contribution in [-0.2, 0) is 16.0 Å². The van der Waals surface area contributed by atoms with Crippen LogP contribution in [0.15, 0.2) is 35.3 Å². The van der Waals surface area contributed by atoms with Gasteiger partial charge in [0.15, 0.2) is 5.96 Å². The predicted octanol–water partition coefficient (Wildman–Crippen LogP) is 1.80. The molecule has 0 amide bonds. The summed E-state index contributed by atoms with van der Waals surface area (Å²) in [4.78, 5) is 9.45. The van der Waals surface area contributed by atoms with E-state index in [1.165, 1.54) is 5.56 Å². The Morgan fingerprint density at radius 1 is 1.06 bits per heavy atom. The Labute approximate surface area is 188 Å². The van der Waals surface area contributed by atoms with Gasteiger partial charge < -0.3 is 25.0 Å². The standard InChI is InChI=1S/C24H41N5O2/c1-25-24(27-11-6-17-30-20-23-9-18-31-21-23)26-10-5-12-28-13-15-29(16-14-28)19-22-7-3-2-4-8-22/h2-4,7-8,23H,5-6,9-21H2,1H3,(H2,25,26,27). The molecule has 2 saturated heterocycles. The molecule has 0 aromatic heterocycles. The highest BCUT2D eigenvalue weighted by Gasteiger charge is 2.17. The zero-order valence-corrected chi connectivity index (χ0v) is 19.2. The lowest BCUT2D eigenvalue weighted by molar-refractivity contribution is 0.0888. The molecule has 1 aromatic rings. The summed E-state index contributed by atoms with van der Waals surface area (Å²) in [6.45, 7) is 12.0. The van der Waals surface area contributed by atoms with Gasteiger partial charge in [0.25, 0.3) is 0 Å². The quantitative estimate of drug-likeness (QED) is 0.299. The number of benzene rings is 1. The highest BCUT2D eigenvalue weighted by atomic mass is 16.5. The second-order valence-corrected chi connectivity index (χ2v) is 8.54. The van der Waals surface area contributed by atoms with Gasteiger partial charge in [-0.05, 0) is 31.4 Å². The van der Waals surface area contributed by atoms with Crippen molar-refractivity contribution in [2.45, 2.75) is 25.8 Å². The molecule has 2 aliphatic heterocycles. The first-order valence-electron chi connectivity index (χ1n) is 11.9. The molecule has 7 heteroatoms. The summed E-state index contributed by atoms with van der Waals surface area (Å²) in [6, 6.07) is 10.8. The van der Waals surface area contributed by atoms with Gasteiger partial charge >= 0.3 is 0 Å². The van der Waals surface area contributed by atoms with Crippen LogP contribution in [0.3, 0.4) is 0 Å². The molecule has 1 aromatic carbocycles. The molecule has 1 atom stereocenters. The Bertz CT molecular complexity index is 614. The number of nitrogens with one attached hydrogen (secondary N) is 2. The third kappa shape index (κ3) is 9.56. The summed E-state index contributed by atoms with van der Waals surface area (Å²) in [5.41, 5.74) is 1.41. The molecular weight excluding hydrogens is 390 g/mol. The number of nitrogens with zero attached hydrogens (tertiary/aromatic N) is 3. The van der Waals surface area contributed by atoms with Crippen LogP contribution in [0.4, 0.5) is 0 Å². The molecule has 0 radical (unpaired) electrons. The fraction of sp³-hybridized carbons (Fsp3) is 0.708. The van der Waals surface area contributed by atoms with Crippen molar-refractivity contribution < 1.29 is 9.47 Å². The highest BCUT2D eigenvalue weighted by molar-refractivity contribution is 5.79. The Balaban J connectivity index is 1.16. The van der Waals surface area contributed by atoms with E-state index in [1.807, 2.05) is 7.05 Å². The van der Waals surface area contributed by atoms with E-state index < -0.39 is 0 Å². The Hall–Kier alpha value is -1.67.